The second-order valence-electron chi connectivity index (χ2n) is 3.98. The number of halogens is 1. The molecule has 0 aromatic rings. The Morgan fingerprint density at radius 3 is 2.62 bits per heavy atom. The molecular formula is C10H11BrMgO. The molecule has 0 aromatic carbocycles. The molecule has 66 valence electrons. The largest absolute Gasteiger partial charge is 2.00 e. The average Bonchev–Trinajstić information content (AvgIpc) is 2.60. The van der Waals surface area contributed by atoms with Gasteiger partial charge in [0.25, 0.3) is 0 Å². The van der Waals surface area contributed by atoms with Crippen LogP contribution in [0.4, 0.5) is 0 Å². The second-order valence-corrected chi connectivity index (χ2v) is 3.98. The molecule has 3 aliphatic carbocycles. The smallest absolute Gasteiger partial charge is 1.00 e. The summed E-state index contributed by atoms with van der Waals surface area (Å²) < 4.78 is 0. The summed E-state index contributed by atoms with van der Waals surface area (Å²) in [6.07, 6.45) is 8.78. The van der Waals surface area contributed by atoms with E-state index in [1.807, 2.05) is 6.08 Å². The normalized spacial score (nSPS) is 43.5. The minimum absolute atomic E-state index is 0. The maximum absolute atomic E-state index is 11.4. The maximum atomic E-state index is 11.4. The summed E-state index contributed by atoms with van der Waals surface area (Å²) in [5.41, 5.74) is 0. The Labute approximate surface area is 105 Å². The van der Waals surface area contributed by atoms with E-state index in [0.29, 0.717) is 23.5 Å². The Balaban J connectivity index is 0.000000422. The van der Waals surface area contributed by atoms with Gasteiger partial charge in [-0.1, -0.05) is 18.2 Å². The Morgan fingerprint density at radius 2 is 1.92 bits per heavy atom. The molecule has 0 saturated heterocycles. The molecule has 1 fully saturated rings. The van der Waals surface area contributed by atoms with Gasteiger partial charge >= 0.3 is 23.1 Å². The summed E-state index contributed by atoms with van der Waals surface area (Å²) in [7, 11) is 0. The summed E-state index contributed by atoms with van der Waals surface area (Å²) in [5, 5.41) is 11.4. The first-order valence-electron chi connectivity index (χ1n) is 4.41. The van der Waals surface area contributed by atoms with Crippen molar-refractivity contribution in [3.63, 3.8) is 0 Å². The van der Waals surface area contributed by atoms with Gasteiger partial charge in [0.05, 0.1) is 0 Å². The fourth-order valence-corrected chi connectivity index (χ4v) is 3.06. The van der Waals surface area contributed by atoms with E-state index in [1.165, 1.54) is 6.42 Å². The molecule has 0 spiro atoms. The summed E-state index contributed by atoms with van der Waals surface area (Å²) in [6, 6.07) is 0. The minimum atomic E-state index is 0. The van der Waals surface area contributed by atoms with Gasteiger partial charge in [0.2, 0.25) is 0 Å². The molecule has 3 aliphatic rings. The van der Waals surface area contributed by atoms with Crippen LogP contribution in [0, 0.1) is 23.7 Å². The number of fused-ring (bicyclic) bond motifs is 5. The molecule has 3 rings (SSSR count). The molecule has 0 unspecified atom stereocenters. The van der Waals surface area contributed by atoms with Crippen molar-refractivity contribution in [3.05, 3.63) is 24.0 Å². The van der Waals surface area contributed by atoms with Crippen molar-refractivity contribution >= 4 is 23.1 Å². The van der Waals surface area contributed by atoms with E-state index in [1.54, 1.807) is 0 Å². The Bertz CT molecular complexity index is 262. The zero-order chi connectivity index (χ0) is 7.42. The predicted molar refractivity (Wildman–Crippen MR) is 46.2 cm³/mol. The summed E-state index contributed by atoms with van der Waals surface area (Å²) in [4.78, 5) is 0. The van der Waals surface area contributed by atoms with E-state index in [9.17, 15) is 5.11 Å². The van der Waals surface area contributed by atoms with Crippen LogP contribution in [0.2, 0.25) is 0 Å². The molecule has 1 saturated carbocycles. The van der Waals surface area contributed by atoms with Crippen molar-refractivity contribution in [3.8, 4) is 0 Å². The standard InChI is InChI=1S/C10H12O.BrH.Mg/c11-9-4-3-8-6-1-2-7(5-6)10(8)9;;/h1-2,4,6-8,10-11H,3,5H2;1H;/q;;+2/p-2/t6-,7+,8-,10+;;/m1../s1. The third-order valence-corrected chi connectivity index (χ3v) is 3.54. The Morgan fingerprint density at radius 1 is 1.23 bits per heavy atom. The van der Waals surface area contributed by atoms with E-state index < -0.39 is 0 Å². The molecule has 4 atom stereocenters. The molecule has 0 aliphatic heterocycles. The summed E-state index contributed by atoms with van der Waals surface area (Å²) in [6.45, 7) is 0. The molecule has 0 amide bonds. The molecule has 13 heavy (non-hydrogen) atoms. The zero-order valence-electron chi connectivity index (χ0n) is 7.45. The van der Waals surface area contributed by atoms with Gasteiger partial charge in [-0.25, -0.2) is 0 Å². The van der Waals surface area contributed by atoms with Crippen molar-refractivity contribution in [2.45, 2.75) is 12.8 Å². The number of rotatable bonds is 0. The first-order chi connectivity index (χ1) is 5.36. The van der Waals surface area contributed by atoms with E-state index in [-0.39, 0.29) is 40.0 Å². The van der Waals surface area contributed by atoms with Crippen LogP contribution in [0.25, 0.3) is 0 Å². The van der Waals surface area contributed by atoms with Gasteiger partial charge in [-0.15, -0.1) is 5.76 Å². The molecule has 3 heteroatoms. The van der Waals surface area contributed by atoms with Crippen LogP contribution in [0.15, 0.2) is 24.0 Å². The fraction of sp³-hybridized carbons (Fsp3) is 0.600. The first kappa shape index (κ1) is 11.6. The average molecular weight is 251 g/mol. The van der Waals surface area contributed by atoms with Gasteiger partial charge in [0, 0.05) is 0 Å². The maximum Gasteiger partial charge on any atom is 2.00 e. The monoisotopic (exact) mass is 250 g/mol. The second kappa shape index (κ2) is 3.95. The fourth-order valence-electron chi connectivity index (χ4n) is 3.06. The molecule has 1 nitrogen and oxygen atoms in total. The predicted octanol–water partition coefficient (Wildman–Crippen LogP) is -2.30. The Hall–Kier alpha value is 0.526. The van der Waals surface area contributed by atoms with Crippen LogP contribution >= 0.6 is 0 Å². The molecule has 0 radical (unpaired) electrons. The van der Waals surface area contributed by atoms with Gasteiger partial charge in [-0.2, -0.15) is 0 Å². The topological polar surface area (TPSA) is 23.1 Å². The van der Waals surface area contributed by atoms with E-state index in [0.717, 1.165) is 12.3 Å². The van der Waals surface area contributed by atoms with Crippen molar-refractivity contribution < 1.29 is 22.1 Å². The minimum Gasteiger partial charge on any atom is -1.00 e. The third kappa shape index (κ3) is 1.49. The van der Waals surface area contributed by atoms with Crippen molar-refractivity contribution in [2.75, 3.05) is 0 Å². The van der Waals surface area contributed by atoms with Crippen molar-refractivity contribution in [1.82, 2.24) is 0 Å². The molecule has 0 aromatic heterocycles. The van der Waals surface area contributed by atoms with Gasteiger partial charge in [-0.3, -0.25) is 0 Å². The van der Waals surface area contributed by atoms with Crippen molar-refractivity contribution in [2.24, 2.45) is 23.7 Å². The SMILES string of the molecule is [Br-].[Mg+2].[O-]C1=CC[C@H]2[C@@H]1[C@H]1C=C[C@@H]2C1. The quantitative estimate of drug-likeness (QED) is 0.351. The van der Waals surface area contributed by atoms with E-state index in [2.05, 4.69) is 12.2 Å². The third-order valence-electron chi connectivity index (χ3n) is 3.54. The molecular weight excluding hydrogens is 240 g/mol. The van der Waals surface area contributed by atoms with Crippen LogP contribution in [0.5, 0.6) is 0 Å². The Kier molecular flexibility index (Phi) is 3.52. The number of hydrogen-bond acceptors (Lipinski definition) is 1. The van der Waals surface area contributed by atoms with Crippen LogP contribution in [0.1, 0.15) is 12.8 Å². The van der Waals surface area contributed by atoms with Crippen molar-refractivity contribution in [1.29, 1.82) is 0 Å². The summed E-state index contributed by atoms with van der Waals surface area (Å²) in [5.74, 6) is 2.86. The van der Waals surface area contributed by atoms with E-state index in [4.69, 9.17) is 0 Å². The van der Waals surface area contributed by atoms with E-state index >= 15 is 0 Å². The summed E-state index contributed by atoms with van der Waals surface area (Å²) >= 11 is 0. The van der Waals surface area contributed by atoms with Crippen LogP contribution < -0.4 is 22.1 Å². The van der Waals surface area contributed by atoms with Crippen LogP contribution in [-0.2, 0) is 0 Å². The van der Waals surface area contributed by atoms with Gasteiger partial charge in [0.1, 0.15) is 0 Å². The first-order valence-corrected chi connectivity index (χ1v) is 4.41. The van der Waals surface area contributed by atoms with Gasteiger partial charge < -0.3 is 22.1 Å². The van der Waals surface area contributed by atoms with Gasteiger partial charge in [-0.05, 0) is 36.5 Å². The number of allylic oxidation sites excluding steroid dienone is 4. The molecule has 2 bridgehead atoms. The van der Waals surface area contributed by atoms with Crippen LogP contribution in [-0.4, -0.2) is 23.1 Å². The molecule has 0 N–H and O–H groups in total. The molecule has 0 heterocycles. The zero-order valence-corrected chi connectivity index (χ0v) is 10.4. The van der Waals surface area contributed by atoms with Gasteiger partial charge in [0.15, 0.2) is 0 Å². The van der Waals surface area contributed by atoms with Crippen LogP contribution in [0.3, 0.4) is 0 Å². The number of hydrogen-bond donors (Lipinski definition) is 0.